The third kappa shape index (κ3) is 6.52. The summed E-state index contributed by atoms with van der Waals surface area (Å²) in [6, 6.07) is 11.2. The lowest BCUT2D eigenvalue weighted by molar-refractivity contribution is -0.143. The van der Waals surface area contributed by atoms with Gasteiger partial charge in [0.05, 0.1) is 6.54 Å². The number of carbonyl (C=O) groups excluding carboxylic acids is 3. The standard InChI is InChI=1S/C19H20N2O4S/c1-2-14-6-3-4-8-16(14)21-17(22)12-20-18(23)13-25-19(24)10-9-15-7-5-11-26-15/h3-11H,2,12-13H2,1H3,(H,20,23)(H,21,22)/b10-9+. The van der Waals surface area contributed by atoms with Crippen LogP contribution >= 0.6 is 11.3 Å². The van der Waals surface area contributed by atoms with Crippen molar-refractivity contribution in [2.24, 2.45) is 0 Å². The summed E-state index contributed by atoms with van der Waals surface area (Å²) in [6.45, 7) is 1.36. The maximum atomic E-state index is 11.9. The number of carbonyl (C=O) groups is 3. The van der Waals surface area contributed by atoms with E-state index in [2.05, 4.69) is 10.6 Å². The van der Waals surface area contributed by atoms with Gasteiger partial charge in [-0.15, -0.1) is 11.3 Å². The van der Waals surface area contributed by atoms with Crippen LogP contribution < -0.4 is 10.6 Å². The van der Waals surface area contributed by atoms with E-state index in [1.165, 1.54) is 17.4 Å². The molecule has 0 aliphatic rings. The summed E-state index contributed by atoms with van der Waals surface area (Å²) < 4.78 is 4.82. The molecule has 0 saturated heterocycles. The highest BCUT2D eigenvalue weighted by atomic mass is 32.1. The lowest BCUT2D eigenvalue weighted by Crippen LogP contribution is -2.35. The molecular formula is C19H20N2O4S. The van der Waals surface area contributed by atoms with Crippen LogP contribution in [0.2, 0.25) is 0 Å². The lowest BCUT2D eigenvalue weighted by Gasteiger charge is -2.10. The molecule has 0 bridgehead atoms. The molecule has 0 radical (unpaired) electrons. The highest BCUT2D eigenvalue weighted by molar-refractivity contribution is 7.10. The van der Waals surface area contributed by atoms with Gasteiger partial charge in [0, 0.05) is 16.6 Å². The van der Waals surface area contributed by atoms with Crippen LogP contribution in [0.5, 0.6) is 0 Å². The maximum Gasteiger partial charge on any atom is 0.331 e. The Labute approximate surface area is 155 Å². The Morgan fingerprint density at radius 1 is 1.12 bits per heavy atom. The van der Waals surface area contributed by atoms with Crippen LogP contribution in [0, 0.1) is 0 Å². The Balaban J connectivity index is 1.69. The number of thiophene rings is 1. The topological polar surface area (TPSA) is 84.5 Å². The Bertz CT molecular complexity index is 785. The molecule has 1 heterocycles. The number of rotatable bonds is 8. The monoisotopic (exact) mass is 372 g/mol. The van der Waals surface area contributed by atoms with Gasteiger partial charge in [-0.2, -0.15) is 0 Å². The van der Waals surface area contributed by atoms with Crippen LogP contribution in [-0.4, -0.2) is 30.9 Å². The first-order valence-electron chi connectivity index (χ1n) is 8.11. The SMILES string of the molecule is CCc1ccccc1NC(=O)CNC(=O)COC(=O)/C=C/c1cccs1. The average Bonchev–Trinajstić information content (AvgIpc) is 3.17. The average molecular weight is 372 g/mol. The van der Waals surface area contributed by atoms with Crippen molar-refractivity contribution in [1.29, 1.82) is 0 Å². The normalized spacial score (nSPS) is 10.5. The van der Waals surface area contributed by atoms with Crippen LogP contribution in [-0.2, 0) is 25.5 Å². The second-order valence-electron chi connectivity index (χ2n) is 5.29. The van der Waals surface area contributed by atoms with E-state index >= 15 is 0 Å². The predicted octanol–water partition coefficient (Wildman–Crippen LogP) is 2.62. The second-order valence-corrected chi connectivity index (χ2v) is 6.27. The number of aryl methyl sites for hydroxylation is 1. The van der Waals surface area contributed by atoms with Crippen molar-refractivity contribution < 1.29 is 19.1 Å². The molecule has 7 heteroatoms. The Morgan fingerprint density at radius 2 is 1.92 bits per heavy atom. The zero-order valence-electron chi connectivity index (χ0n) is 14.4. The summed E-state index contributed by atoms with van der Waals surface area (Å²) in [5.41, 5.74) is 1.73. The van der Waals surface area contributed by atoms with Crippen LogP contribution in [0.15, 0.2) is 47.9 Å². The zero-order valence-corrected chi connectivity index (χ0v) is 15.2. The molecule has 0 fully saturated rings. The first-order valence-corrected chi connectivity index (χ1v) is 8.99. The van der Waals surface area contributed by atoms with Gasteiger partial charge in [0.15, 0.2) is 6.61 Å². The largest absolute Gasteiger partial charge is 0.452 e. The number of amides is 2. The number of ether oxygens (including phenoxy) is 1. The van der Waals surface area contributed by atoms with Gasteiger partial charge >= 0.3 is 5.97 Å². The van der Waals surface area contributed by atoms with Crippen LogP contribution in [0.3, 0.4) is 0 Å². The molecule has 0 saturated carbocycles. The van der Waals surface area contributed by atoms with Gasteiger partial charge in [-0.1, -0.05) is 31.2 Å². The first-order chi connectivity index (χ1) is 12.6. The molecule has 2 rings (SSSR count). The summed E-state index contributed by atoms with van der Waals surface area (Å²) in [4.78, 5) is 36.0. The van der Waals surface area contributed by atoms with Gasteiger partial charge in [0.2, 0.25) is 5.91 Å². The minimum Gasteiger partial charge on any atom is -0.452 e. The fourth-order valence-corrected chi connectivity index (χ4v) is 2.71. The molecule has 0 unspecified atom stereocenters. The lowest BCUT2D eigenvalue weighted by atomic mass is 10.1. The summed E-state index contributed by atoms with van der Waals surface area (Å²) in [5, 5.41) is 7.05. The predicted molar refractivity (Wildman–Crippen MR) is 102 cm³/mol. The number of hydrogen-bond acceptors (Lipinski definition) is 5. The molecule has 1 aromatic carbocycles. The molecular weight excluding hydrogens is 352 g/mol. The van der Waals surface area contributed by atoms with Crippen molar-refractivity contribution >= 4 is 40.9 Å². The summed E-state index contributed by atoms with van der Waals surface area (Å²) >= 11 is 1.49. The number of hydrogen-bond donors (Lipinski definition) is 2. The molecule has 6 nitrogen and oxygen atoms in total. The fourth-order valence-electron chi connectivity index (χ4n) is 2.10. The first kappa shape index (κ1) is 19.4. The van der Waals surface area contributed by atoms with E-state index in [0.717, 1.165) is 22.5 Å². The molecule has 2 aromatic rings. The van der Waals surface area contributed by atoms with Gasteiger partial charge in [0.1, 0.15) is 0 Å². The molecule has 0 spiro atoms. The highest BCUT2D eigenvalue weighted by Gasteiger charge is 2.09. The van der Waals surface area contributed by atoms with E-state index in [1.807, 2.05) is 42.6 Å². The zero-order chi connectivity index (χ0) is 18.8. The van der Waals surface area contributed by atoms with Gasteiger partial charge in [0.25, 0.3) is 5.91 Å². The number of esters is 1. The number of para-hydroxylation sites is 1. The van der Waals surface area contributed by atoms with Crippen molar-refractivity contribution in [3.8, 4) is 0 Å². The number of nitrogens with one attached hydrogen (secondary N) is 2. The third-order valence-electron chi connectivity index (χ3n) is 3.39. The molecule has 0 aliphatic heterocycles. The summed E-state index contributed by atoms with van der Waals surface area (Å²) in [7, 11) is 0. The molecule has 2 amide bonds. The second kappa shape index (κ2) is 10.1. The van der Waals surface area contributed by atoms with Crippen molar-refractivity contribution in [3.05, 3.63) is 58.3 Å². The molecule has 0 atom stereocenters. The number of benzene rings is 1. The van der Waals surface area contributed by atoms with Gasteiger partial charge in [-0.3, -0.25) is 9.59 Å². The van der Waals surface area contributed by atoms with Gasteiger partial charge in [-0.05, 0) is 35.6 Å². The van der Waals surface area contributed by atoms with Crippen molar-refractivity contribution in [1.82, 2.24) is 5.32 Å². The Morgan fingerprint density at radius 3 is 2.65 bits per heavy atom. The van der Waals surface area contributed by atoms with Gasteiger partial charge in [-0.25, -0.2) is 4.79 Å². The minimum atomic E-state index is -0.616. The van der Waals surface area contributed by atoms with E-state index in [9.17, 15) is 14.4 Å². The summed E-state index contributed by atoms with van der Waals surface area (Å²) in [6.07, 6.45) is 3.66. The van der Waals surface area contributed by atoms with Gasteiger partial charge < -0.3 is 15.4 Å². The van der Waals surface area contributed by atoms with E-state index < -0.39 is 18.5 Å². The van der Waals surface area contributed by atoms with E-state index in [-0.39, 0.29) is 12.5 Å². The molecule has 1 aromatic heterocycles. The maximum absolute atomic E-state index is 11.9. The highest BCUT2D eigenvalue weighted by Crippen LogP contribution is 2.15. The van der Waals surface area contributed by atoms with E-state index in [0.29, 0.717) is 0 Å². The smallest absolute Gasteiger partial charge is 0.331 e. The molecule has 26 heavy (non-hydrogen) atoms. The Kier molecular flexibility index (Phi) is 7.57. The summed E-state index contributed by atoms with van der Waals surface area (Å²) in [5.74, 6) is -1.50. The minimum absolute atomic E-state index is 0.195. The Hall–Kier alpha value is -2.93. The van der Waals surface area contributed by atoms with Crippen molar-refractivity contribution in [2.75, 3.05) is 18.5 Å². The van der Waals surface area contributed by atoms with Crippen molar-refractivity contribution in [3.63, 3.8) is 0 Å². The van der Waals surface area contributed by atoms with Crippen LogP contribution in [0.1, 0.15) is 17.4 Å². The molecule has 136 valence electrons. The van der Waals surface area contributed by atoms with Crippen LogP contribution in [0.25, 0.3) is 6.08 Å². The quantitative estimate of drug-likeness (QED) is 0.551. The fraction of sp³-hybridized carbons (Fsp3) is 0.211. The van der Waals surface area contributed by atoms with E-state index in [4.69, 9.17) is 4.74 Å². The molecule has 2 N–H and O–H groups in total. The van der Waals surface area contributed by atoms with Crippen molar-refractivity contribution in [2.45, 2.75) is 13.3 Å². The van der Waals surface area contributed by atoms with E-state index in [1.54, 1.807) is 12.1 Å². The van der Waals surface area contributed by atoms with Crippen LogP contribution in [0.4, 0.5) is 5.69 Å². The number of anilines is 1. The molecule has 0 aliphatic carbocycles. The third-order valence-corrected chi connectivity index (χ3v) is 4.23.